The molecule has 2 N–H and O–H groups in total. The summed E-state index contributed by atoms with van der Waals surface area (Å²) in [6.45, 7) is 4.94. The number of ether oxygens (including phenoxy) is 1. The normalized spacial score (nSPS) is 12.5. The molecule has 0 spiro atoms. The van der Waals surface area contributed by atoms with Gasteiger partial charge in [-0.2, -0.15) is 13.2 Å². The molecule has 1 unspecified atom stereocenters. The summed E-state index contributed by atoms with van der Waals surface area (Å²) in [6.07, 6.45) is -3.34. The van der Waals surface area contributed by atoms with Crippen LogP contribution in [-0.2, 0) is 11.0 Å². The number of halogens is 4. The van der Waals surface area contributed by atoms with Crippen LogP contribution in [0.3, 0.4) is 0 Å². The number of carbonyl (C=O) groups excluding carboxylic acids is 2. The van der Waals surface area contributed by atoms with Gasteiger partial charge in [0.05, 0.1) is 12.1 Å². The first-order valence-electron chi connectivity index (χ1n) is 8.86. The molecule has 2 aromatic heterocycles. The van der Waals surface area contributed by atoms with Crippen LogP contribution in [0.5, 0.6) is 5.88 Å². The molecule has 30 heavy (non-hydrogen) atoms. The maximum atomic E-state index is 12.8. The molecule has 0 aliphatic rings. The Morgan fingerprint density at radius 2 is 1.90 bits per heavy atom. The molecule has 0 aliphatic heterocycles. The predicted octanol–water partition coefficient (Wildman–Crippen LogP) is 3.70. The van der Waals surface area contributed by atoms with Crippen molar-refractivity contribution in [1.29, 1.82) is 0 Å². The maximum Gasteiger partial charge on any atom is 0.417 e. The molecule has 0 saturated heterocycles. The number of anilines is 1. The Kier molecular flexibility index (Phi) is 7.25. The van der Waals surface area contributed by atoms with Crippen molar-refractivity contribution in [2.75, 3.05) is 11.4 Å². The largest absolute Gasteiger partial charge is 0.472 e. The number of amides is 2. The Hall–Kier alpha value is -2.88. The molecule has 2 heterocycles. The average molecular weight is 445 g/mol. The highest BCUT2D eigenvalue weighted by molar-refractivity contribution is 6.31. The van der Waals surface area contributed by atoms with Gasteiger partial charge < -0.3 is 10.5 Å². The Balaban J connectivity index is 2.25. The van der Waals surface area contributed by atoms with Gasteiger partial charge in [-0.25, -0.2) is 9.97 Å². The topological polar surface area (TPSA) is 98.4 Å². The second kappa shape index (κ2) is 9.29. The first kappa shape index (κ1) is 23.4. The lowest BCUT2D eigenvalue weighted by Gasteiger charge is -2.27. The summed E-state index contributed by atoms with van der Waals surface area (Å²) >= 11 is 5.87. The fourth-order valence-corrected chi connectivity index (χ4v) is 2.69. The number of rotatable bonds is 7. The van der Waals surface area contributed by atoms with Gasteiger partial charge in [0.2, 0.25) is 17.7 Å². The zero-order valence-corrected chi connectivity index (χ0v) is 17.2. The number of alkyl halides is 3. The highest BCUT2D eigenvalue weighted by Gasteiger charge is 2.32. The first-order chi connectivity index (χ1) is 13.9. The van der Waals surface area contributed by atoms with E-state index in [0.29, 0.717) is 12.3 Å². The zero-order chi connectivity index (χ0) is 22.6. The minimum atomic E-state index is -4.58. The summed E-state index contributed by atoms with van der Waals surface area (Å²) in [5, 5.41) is -0.313. The standard InChI is InChI=1S/C19H20ClF3N4O3/c1-10(2)18(29)27(15-6-12(16(24)28)4-5-25-15)9-11(3)30-17-14(20)7-13(8-26-17)19(21,22)23/h4-8,10-11H,9H2,1-3H3,(H2,24,28). The predicted molar refractivity (Wildman–Crippen MR) is 104 cm³/mol. The van der Waals surface area contributed by atoms with Crippen LogP contribution in [0.15, 0.2) is 30.6 Å². The van der Waals surface area contributed by atoms with Crippen LogP contribution in [0.1, 0.15) is 36.7 Å². The molecule has 0 aromatic carbocycles. The maximum absolute atomic E-state index is 12.8. The molecule has 0 aliphatic carbocycles. The van der Waals surface area contributed by atoms with Crippen molar-refractivity contribution in [2.24, 2.45) is 11.7 Å². The van der Waals surface area contributed by atoms with Gasteiger partial charge in [0.15, 0.2) is 0 Å². The van der Waals surface area contributed by atoms with Crippen molar-refractivity contribution in [3.8, 4) is 5.88 Å². The molecule has 0 radical (unpaired) electrons. The number of hydrogen-bond acceptors (Lipinski definition) is 5. The number of primary amides is 1. The van der Waals surface area contributed by atoms with Crippen LogP contribution in [0.2, 0.25) is 5.02 Å². The minimum Gasteiger partial charge on any atom is -0.472 e. The van der Waals surface area contributed by atoms with Crippen LogP contribution in [0.25, 0.3) is 0 Å². The highest BCUT2D eigenvalue weighted by atomic mass is 35.5. The fraction of sp³-hybridized carbons (Fsp3) is 0.368. The Labute approximate surface area is 176 Å². The van der Waals surface area contributed by atoms with E-state index < -0.39 is 29.7 Å². The molecule has 1 atom stereocenters. The number of nitrogens with two attached hydrogens (primary N) is 1. The van der Waals surface area contributed by atoms with Crippen LogP contribution >= 0.6 is 11.6 Å². The summed E-state index contributed by atoms with van der Waals surface area (Å²) in [5.74, 6) is -1.39. The van der Waals surface area contributed by atoms with Gasteiger partial charge in [-0.05, 0) is 25.1 Å². The van der Waals surface area contributed by atoms with Crippen molar-refractivity contribution in [3.05, 3.63) is 46.7 Å². The van der Waals surface area contributed by atoms with Crippen LogP contribution in [0, 0.1) is 5.92 Å². The van der Waals surface area contributed by atoms with Gasteiger partial charge in [-0.3, -0.25) is 14.5 Å². The van der Waals surface area contributed by atoms with Crippen molar-refractivity contribution in [1.82, 2.24) is 9.97 Å². The van der Waals surface area contributed by atoms with E-state index in [1.54, 1.807) is 20.8 Å². The second-order valence-corrected chi connectivity index (χ2v) is 7.21. The summed E-state index contributed by atoms with van der Waals surface area (Å²) in [7, 11) is 0. The molecule has 7 nitrogen and oxygen atoms in total. The number of hydrogen-bond donors (Lipinski definition) is 1. The highest BCUT2D eigenvalue weighted by Crippen LogP contribution is 2.33. The van der Waals surface area contributed by atoms with Gasteiger partial charge in [0, 0.05) is 23.9 Å². The summed E-state index contributed by atoms with van der Waals surface area (Å²) in [5.41, 5.74) is 4.45. The van der Waals surface area contributed by atoms with E-state index in [2.05, 4.69) is 9.97 Å². The lowest BCUT2D eigenvalue weighted by atomic mass is 10.1. The number of aromatic nitrogens is 2. The van der Waals surface area contributed by atoms with Crippen molar-refractivity contribution >= 4 is 29.2 Å². The second-order valence-electron chi connectivity index (χ2n) is 6.81. The lowest BCUT2D eigenvalue weighted by molar-refractivity contribution is -0.137. The molecule has 2 amide bonds. The van der Waals surface area contributed by atoms with E-state index in [9.17, 15) is 22.8 Å². The summed E-state index contributed by atoms with van der Waals surface area (Å²) in [6, 6.07) is 3.50. The van der Waals surface area contributed by atoms with E-state index in [1.807, 2.05) is 0 Å². The van der Waals surface area contributed by atoms with E-state index >= 15 is 0 Å². The van der Waals surface area contributed by atoms with Crippen molar-refractivity contribution < 1.29 is 27.5 Å². The van der Waals surface area contributed by atoms with E-state index in [-0.39, 0.29) is 34.7 Å². The van der Waals surface area contributed by atoms with Gasteiger partial charge >= 0.3 is 6.18 Å². The third-order valence-electron chi connectivity index (χ3n) is 3.95. The first-order valence-corrected chi connectivity index (χ1v) is 9.24. The van der Waals surface area contributed by atoms with Gasteiger partial charge in [0.25, 0.3) is 0 Å². The summed E-state index contributed by atoms with van der Waals surface area (Å²) < 4.78 is 43.8. The van der Waals surface area contributed by atoms with Crippen LogP contribution in [0.4, 0.5) is 19.0 Å². The Bertz CT molecular complexity index is 937. The summed E-state index contributed by atoms with van der Waals surface area (Å²) in [4.78, 5) is 33.2. The monoisotopic (exact) mass is 444 g/mol. The van der Waals surface area contributed by atoms with Gasteiger partial charge in [-0.15, -0.1) is 0 Å². The molecule has 2 rings (SSSR count). The van der Waals surface area contributed by atoms with Crippen molar-refractivity contribution in [2.45, 2.75) is 33.1 Å². The van der Waals surface area contributed by atoms with E-state index in [4.69, 9.17) is 22.1 Å². The Morgan fingerprint density at radius 3 is 2.43 bits per heavy atom. The van der Waals surface area contributed by atoms with Gasteiger partial charge in [0.1, 0.15) is 16.9 Å². The number of pyridine rings is 2. The number of carbonyl (C=O) groups is 2. The van der Waals surface area contributed by atoms with Crippen LogP contribution in [-0.4, -0.2) is 34.4 Å². The SMILES string of the molecule is CC(CN(C(=O)C(C)C)c1cc(C(N)=O)ccn1)Oc1ncc(C(F)(F)F)cc1Cl. The molecule has 11 heteroatoms. The third-order valence-corrected chi connectivity index (χ3v) is 4.22. The molecular formula is C19H20ClF3N4O3. The van der Waals surface area contributed by atoms with E-state index in [0.717, 1.165) is 0 Å². The third kappa shape index (κ3) is 5.82. The van der Waals surface area contributed by atoms with Crippen molar-refractivity contribution in [3.63, 3.8) is 0 Å². The lowest BCUT2D eigenvalue weighted by Crippen LogP contribution is -2.41. The quantitative estimate of drug-likeness (QED) is 0.702. The van der Waals surface area contributed by atoms with Crippen LogP contribution < -0.4 is 15.4 Å². The molecule has 2 aromatic rings. The smallest absolute Gasteiger partial charge is 0.417 e. The van der Waals surface area contributed by atoms with Gasteiger partial charge in [-0.1, -0.05) is 25.4 Å². The van der Waals surface area contributed by atoms with E-state index in [1.165, 1.54) is 23.2 Å². The molecular weight excluding hydrogens is 425 g/mol. The number of nitrogens with zero attached hydrogens (tertiary/aromatic N) is 3. The minimum absolute atomic E-state index is 0.0226. The fourth-order valence-electron chi connectivity index (χ4n) is 2.48. The molecule has 0 bridgehead atoms. The molecule has 0 fully saturated rings. The average Bonchev–Trinajstić information content (AvgIpc) is 2.66. The Morgan fingerprint density at radius 1 is 1.23 bits per heavy atom. The molecule has 162 valence electrons. The molecule has 0 saturated carbocycles. The zero-order valence-electron chi connectivity index (χ0n) is 16.4.